The zero-order valence-electron chi connectivity index (χ0n) is 11.0. The highest BCUT2D eigenvalue weighted by molar-refractivity contribution is 5.96. The molecular formula is C14H20FNO2. The van der Waals surface area contributed by atoms with Crippen LogP contribution in [0.4, 0.5) is 4.39 Å². The van der Waals surface area contributed by atoms with Gasteiger partial charge in [0.15, 0.2) is 5.78 Å². The van der Waals surface area contributed by atoms with Crippen LogP contribution in [0, 0.1) is 5.82 Å². The second kappa shape index (κ2) is 7.95. The van der Waals surface area contributed by atoms with Gasteiger partial charge in [-0.15, -0.1) is 0 Å². The number of ether oxygens (including phenoxy) is 1. The van der Waals surface area contributed by atoms with Gasteiger partial charge in [0.25, 0.3) is 0 Å². The average molecular weight is 253 g/mol. The number of benzene rings is 1. The lowest BCUT2D eigenvalue weighted by Crippen LogP contribution is -2.23. The van der Waals surface area contributed by atoms with E-state index in [0.717, 1.165) is 19.6 Å². The number of carbonyl (C=O) groups excluding carboxylic acids is 1. The van der Waals surface area contributed by atoms with Gasteiger partial charge < -0.3 is 9.64 Å². The topological polar surface area (TPSA) is 29.5 Å². The molecule has 1 aromatic rings. The third kappa shape index (κ3) is 5.38. The highest BCUT2D eigenvalue weighted by Gasteiger charge is 2.08. The molecule has 0 radical (unpaired) electrons. The molecule has 0 bridgehead atoms. The van der Waals surface area contributed by atoms with Crippen LogP contribution in [0.3, 0.4) is 0 Å². The summed E-state index contributed by atoms with van der Waals surface area (Å²) in [5.41, 5.74) is 0.445. The van der Waals surface area contributed by atoms with Crippen LogP contribution in [0.5, 0.6) is 0 Å². The molecule has 0 spiro atoms. The number of methoxy groups -OCH3 is 1. The van der Waals surface area contributed by atoms with Crippen LogP contribution in [0.1, 0.15) is 23.2 Å². The largest absolute Gasteiger partial charge is 0.385 e. The monoisotopic (exact) mass is 253 g/mol. The maximum Gasteiger partial charge on any atom is 0.164 e. The molecule has 0 N–H and O–H groups in total. The molecular weight excluding hydrogens is 233 g/mol. The van der Waals surface area contributed by atoms with Crippen molar-refractivity contribution < 1.29 is 13.9 Å². The van der Waals surface area contributed by atoms with E-state index in [2.05, 4.69) is 4.90 Å². The van der Waals surface area contributed by atoms with Crippen LogP contribution < -0.4 is 0 Å². The van der Waals surface area contributed by atoms with Gasteiger partial charge in [-0.25, -0.2) is 4.39 Å². The number of halogens is 1. The normalized spacial score (nSPS) is 10.9. The number of ketones is 1. The molecule has 0 heterocycles. The number of hydrogen-bond donors (Lipinski definition) is 0. The molecule has 3 nitrogen and oxygen atoms in total. The fourth-order valence-electron chi connectivity index (χ4n) is 1.69. The highest BCUT2D eigenvalue weighted by atomic mass is 19.1. The molecule has 0 unspecified atom stereocenters. The van der Waals surface area contributed by atoms with E-state index in [-0.39, 0.29) is 11.6 Å². The number of nitrogens with zero attached hydrogens (tertiary/aromatic N) is 1. The summed E-state index contributed by atoms with van der Waals surface area (Å²) < 4.78 is 17.9. The second-order valence-electron chi connectivity index (χ2n) is 4.33. The minimum atomic E-state index is -0.366. The molecule has 0 saturated carbocycles. The van der Waals surface area contributed by atoms with E-state index < -0.39 is 0 Å². The zero-order chi connectivity index (χ0) is 13.4. The first-order valence-electron chi connectivity index (χ1n) is 6.09. The van der Waals surface area contributed by atoms with E-state index in [9.17, 15) is 9.18 Å². The number of hydrogen-bond acceptors (Lipinski definition) is 3. The summed E-state index contributed by atoms with van der Waals surface area (Å²) in [4.78, 5) is 13.9. The van der Waals surface area contributed by atoms with Crippen molar-refractivity contribution in [3.63, 3.8) is 0 Å². The van der Waals surface area contributed by atoms with Crippen molar-refractivity contribution in [3.05, 3.63) is 35.6 Å². The third-order valence-electron chi connectivity index (χ3n) is 2.76. The minimum absolute atomic E-state index is 0.0203. The number of carbonyl (C=O) groups is 1. The summed E-state index contributed by atoms with van der Waals surface area (Å²) in [6, 6.07) is 5.84. The first-order valence-corrected chi connectivity index (χ1v) is 6.09. The van der Waals surface area contributed by atoms with Crippen molar-refractivity contribution in [3.8, 4) is 0 Å². The Hall–Kier alpha value is -1.26. The van der Waals surface area contributed by atoms with Gasteiger partial charge in [0.1, 0.15) is 5.82 Å². The van der Waals surface area contributed by atoms with Gasteiger partial charge in [0.05, 0.1) is 0 Å². The van der Waals surface area contributed by atoms with E-state index in [1.165, 1.54) is 12.1 Å². The van der Waals surface area contributed by atoms with Crippen molar-refractivity contribution in [2.75, 3.05) is 33.9 Å². The fraction of sp³-hybridized carbons (Fsp3) is 0.500. The quantitative estimate of drug-likeness (QED) is 0.526. The van der Waals surface area contributed by atoms with Gasteiger partial charge in [-0.1, -0.05) is 12.1 Å². The van der Waals surface area contributed by atoms with E-state index in [1.807, 2.05) is 7.05 Å². The Morgan fingerprint density at radius 1 is 1.39 bits per heavy atom. The lowest BCUT2D eigenvalue weighted by atomic mass is 10.1. The Morgan fingerprint density at radius 3 is 2.83 bits per heavy atom. The van der Waals surface area contributed by atoms with Crippen LogP contribution in [-0.4, -0.2) is 44.5 Å². The molecule has 0 amide bonds. The maximum atomic E-state index is 13.0. The Morgan fingerprint density at radius 2 is 2.17 bits per heavy atom. The van der Waals surface area contributed by atoms with Crippen molar-refractivity contribution >= 4 is 5.78 Å². The molecule has 1 aromatic carbocycles. The Bertz CT molecular complexity index is 382. The van der Waals surface area contributed by atoms with Crippen molar-refractivity contribution in [1.29, 1.82) is 0 Å². The lowest BCUT2D eigenvalue weighted by Gasteiger charge is -2.15. The molecule has 0 atom stereocenters. The third-order valence-corrected chi connectivity index (χ3v) is 2.76. The van der Waals surface area contributed by atoms with E-state index in [4.69, 9.17) is 4.74 Å². The molecule has 18 heavy (non-hydrogen) atoms. The molecule has 0 aromatic heterocycles. The summed E-state index contributed by atoms with van der Waals surface area (Å²) in [5.74, 6) is -0.387. The van der Waals surface area contributed by atoms with Crippen LogP contribution in [0.2, 0.25) is 0 Å². The average Bonchev–Trinajstić information content (AvgIpc) is 2.36. The fourth-order valence-corrected chi connectivity index (χ4v) is 1.69. The number of Topliss-reactive ketones (excluding diaryl/α,β-unsaturated/α-hetero) is 1. The van der Waals surface area contributed by atoms with E-state index in [0.29, 0.717) is 18.5 Å². The van der Waals surface area contributed by atoms with Gasteiger partial charge >= 0.3 is 0 Å². The SMILES string of the molecule is COCCCN(C)CCC(=O)c1cccc(F)c1. The summed E-state index contributed by atoms with van der Waals surface area (Å²) >= 11 is 0. The van der Waals surface area contributed by atoms with Crippen LogP contribution in [-0.2, 0) is 4.74 Å². The Kier molecular flexibility index (Phi) is 6.54. The molecule has 4 heteroatoms. The standard InChI is InChI=1S/C14H20FNO2/c1-16(8-4-10-18-2)9-7-14(17)12-5-3-6-13(15)11-12/h3,5-6,11H,4,7-10H2,1-2H3. The summed E-state index contributed by atoms with van der Waals surface area (Å²) in [7, 11) is 3.64. The van der Waals surface area contributed by atoms with Gasteiger partial charge in [0.2, 0.25) is 0 Å². The van der Waals surface area contributed by atoms with Gasteiger partial charge in [0, 0.05) is 38.8 Å². The van der Waals surface area contributed by atoms with Crippen LogP contribution in [0.25, 0.3) is 0 Å². The van der Waals surface area contributed by atoms with Crippen LogP contribution >= 0.6 is 0 Å². The van der Waals surface area contributed by atoms with Gasteiger partial charge in [-0.05, 0) is 25.6 Å². The lowest BCUT2D eigenvalue weighted by molar-refractivity contribution is 0.0966. The minimum Gasteiger partial charge on any atom is -0.385 e. The van der Waals surface area contributed by atoms with Gasteiger partial charge in [-0.2, -0.15) is 0 Å². The maximum absolute atomic E-state index is 13.0. The second-order valence-corrected chi connectivity index (χ2v) is 4.33. The summed E-state index contributed by atoms with van der Waals surface area (Å²) in [6.45, 7) is 2.30. The van der Waals surface area contributed by atoms with Crippen molar-refractivity contribution in [1.82, 2.24) is 4.90 Å². The van der Waals surface area contributed by atoms with E-state index in [1.54, 1.807) is 19.2 Å². The Labute approximate surface area is 108 Å². The van der Waals surface area contributed by atoms with Crippen molar-refractivity contribution in [2.24, 2.45) is 0 Å². The van der Waals surface area contributed by atoms with E-state index >= 15 is 0 Å². The predicted molar refractivity (Wildman–Crippen MR) is 69.3 cm³/mol. The summed E-state index contributed by atoms with van der Waals surface area (Å²) in [5, 5.41) is 0. The first-order chi connectivity index (χ1) is 8.63. The zero-order valence-corrected chi connectivity index (χ0v) is 11.0. The van der Waals surface area contributed by atoms with Gasteiger partial charge in [-0.3, -0.25) is 4.79 Å². The van der Waals surface area contributed by atoms with Crippen molar-refractivity contribution in [2.45, 2.75) is 12.8 Å². The molecule has 0 aliphatic heterocycles. The molecule has 1 rings (SSSR count). The highest BCUT2D eigenvalue weighted by Crippen LogP contribution is 2.07. The Balaban J connectivity index is 2.32. The molecule has 100 valence electrons. The first kappa shape index (κ1) is 14.8. The molecule has 0 aliphatic carbocycles. The molecule has 0 fully saturated rings. The smallest absolute Gasteiger partial charge is 0.164 e. The molecule has 0 saturated heterocycles. The number of rotatable bonds is 8. The summed E-state index contributed by atoms with van der Waals surface area (Å²) in [6.07, 6.45) is 1.36. The van der Waals surface area contributed by atoms with Crippen LogP contribution in [0.15, 0.2) is 24.3 Å². The predicted octanol–water partition coefficient (Wildman–Crippen LogP) is 2.37. The molecule has 0 aliphatic rings.